The molecule has 1 N–H and O–H groups in total. The standard InChI is InChI=1S/C4H3N3Se/c1-5-3-4(6-1)8-2-7-3/h1-2H,(H,5,6). The SMILES string of the molecule is c1nc2[se]cnc2[nH]1. The zero-order valence-electron chi connectivity index (χ0n) is 3.96. The van der Waals surface area contributed by atoms with Crippen molar-refractivity contribution in [1.82, 2.24) is 15.0 Å². The van der Waals surface area contributed by atoms with Crippen LogP contribution in [0.5, 0.6) is 0 Å². The van der Waals surface area contributed by atoms with Crippen molar-refractivity contribution in [1.29, 1.82) is 0 Å². The van der Waals surface area contributed by atoms with Crippen LogP contribution in [-0.2, 0) is 0 Å². The molecule has 0 bridgehead atoms. The predicted molar refractivity (Wildman–Crippen MR) is 30.8 cm³/mol. The molecule has 0 spiro atoms. The van der Waals surface area contributed by atoms with Crippen LogP contribution in [0.1, 0.15) is 0 Å². The summed E-state index contributed by atoms with van der Waals surface area (Å²) in [6.45, 7) is 0. The van der Waals surface area contributed by atoms with E-state index in [1.807, 2.05) is 5.07 Å². The summed E-state index contributed by atoms with van der Waals surface area (Å²) in [6, 6.07) is 0. The number of hydrogen-bond acceptors (Lipinski definition) is 2. The second-order valence-corrected chi connectivity index (χ2v) is 3.16. The van der Waals surface area contributed by atoms with E-state index in [2.05, 4.69) is 15.0 Å². The molecule has 0 unspecified atom stereocenters. The van der Waals surface area contributed by atoms with Gasteiger partial charge >= 0.3 is 50.9 Å². The molecule has 0 fully saturated rings. The molecule has 40 valence electrons. The number of aromatic nitrogens is 3. The molecular weight excluding hydrogens is 169 g/mol. The fourth-order valence-electron chi connectivity index (χ4n) is 0.583. The molecule has 2 rings (SSSR count). The van der Waals surface area contributed by atoms with Crippen molar-refractivity contribution in [2.24, 2.45) is 0 Å². The van der Waals surface area contributed by atoms with Crippen molar-refractivity contribution >= 4 is 24.5 Å². The monoisotopic (exact) mass is 173 g/mol. The number of nitrogens with one attached hydrogen (secondary N) is 1. The average Bonchev–Trinajstić information content (AvgIpc) is 2.15. The zero-order valence-corrected chi connectivity index (χ0v) is 5.67. The number of rotatable bonds is 0. The molecule has 4 heteroatoms. The van der Waals surface area contributed by atoms with E-state index in [9.17, 15) is 0 Å². The van der Waals surface area contributed by atoms with Crippen molar-refractivity contribution in [2.45, 2.75) is 0 Å². The normalized spacial score (nSPS) is 10.5. The molecule has 3 nitrogen and oxygen atoms in total. The Balaban J connectivity index is 3.06. The van der Waals surface area contributed by atoms with Gasteiger partial charge in [0, 0.05) is 0 Å². The van der Waals surface area contributed by atoms with E-state index in [4.69, 9.17) is 0 Å². The van der Waals surface area contributed by atoms with Gasteiger partial charge in [0.2, 0.25) is 0 Å². The molecule has 0 saturated carbocycles. The molecule has 8 heavy (non-hydrogen) atoms. The van der Waals surface area contributed by atoms with E-state index in [-0.39, 0.29) is 0 Å². The van der Waals surface area contributed by atoms with Gasteiger partial charge in [0.15, 0.2) is 0 Å². The summed E-state index contributed by atoms with van der Waals surface area (Å²) < 4.78 is 1.12. The predicted octanol–water partition coefficient (Wildman–Crippen LogP) is 0.0149. The van der Waals surface area contributed by atoms with Crippen molar-refractivity contribution in [3.8, 4) is 0 Å². The van der Waals surface area contributed by atoms with Gasteiger partial charge in [-0.3, -0.25) is 0 Å². The molecule has 0 atom stereocenters. The van der Waals surface area contributed by atoms with Crippen LogP contribution >= 0.6 is 0 Å². The van der Waals surface area contributed by atoms with E-state index in [1.165, 1.54) is 0 Å². The maximum absolute atomic E-state index is 4.04. The topological polar surface area (TPSA) is 41.6 Å². The Hall–Kier alpha value is -0.601. The zero-order chi connectivity index (χ0) is 5.40. The number of H-pyrrole nitrogens is 1. The van der Waals surface area contributed by atoms with Crippen LogP contribution < -0.4 is 0 Å². The number of fused-ring (bicyclic) bond motifs is 1. The Bertz CT molecular complexity index is 233. The van der Waals surface area contributed by atoms with E-state index < -0.39 is 0 Å². The summed E-state index contributed by atoms with van der Waals surface area (Å²) in [5, 5.41) is 1.92. The van der Waals surface area contributed by atoms with Gasteiger partial charge < -0.3 is 0 Å². The first-order valence-corrected chi connectivity index (χ1v) is 4.04. The van der Waals surface area contributed by atoms with Gasteiger partial charge in [-0.1, -0.05) is 0 Å². The molecule has 0 aliphatic rings. The van der Waals surface area contributed by atoms with Crippen LogP contribution in [0, 0.1) is 0 Å². The van der Waals surface area contributed by atoms with Crippen LogP contribution in [-0.4, -0.2) is 29.5 Å². The minimum atomic E-state index is 0.398. The minimum absolute atomic E-state index is 0.398. The third-order valence-corrected chi connectivity index (χ3v) is 2.47. The average molecular weight is 172 g/mol. The third kappa shape index (κ3) is 0.441. The number of nitrogens with zero attached hydrogens (tertiary/aromatic N) is 2. The van der Waals surface area contributed by atoms with Gasteiger partial charge in [0.25, 0.3) is 0 Å². The van der Waals surface area contributed by atoms with Gasteiger partial charge in [-0.05, 0) is 0 Å². The van der Waals surface area contributed by atoms with Crippen LogP contribution in [0.15, 0.2) is 11.4 Å². The Kier molecular flexibility index (Phi) is 0.771. The second-order valence-electron chi connectivity index (χ2n) is 1.41. The van der Waals surface area contributed by atoms with Crippen molar-refractivity contribution in [3.05, 3.63) is 11.4 Å². The molecule has 0 saturated heterocycles. The van der Waals surface area contributed by atoms with Gasteiger partial charge in [0.05, 0.1) is 0 Å². The molecule has 0 amide bonds. The van der Waals surface area contributed by atoms with Gasteiger partial charge in [-0.25, -0.2) is 0 Å². The summed E-state index contributed by atoms with van der Waals surface area (Å²) in [5.74, 6) is 0. The van der Waals surface area contributed by atoms with Gasteiger partial charge in [-0.15, -0.1) is 0 Å². The molecule has 0 aromatic carbocycles. The van der Waals surface area contributed by atoms with E-state index in [0.717, 1.165) is 10.0 Å². The quantitative estimate of drug-likeness (QED) is 0.569. The molecule has 0 aliphatic carbocycles. The Morgan fingerprint density at radius 3 is 3.38 bits per heavy atom. The van der Waals surface area contributed by atoms with E-state index in [1.54, 1.807) is 6.33 Å². The maximum atomic E-state index is 4.04. The van der Waals surface area contributed by atoms with E-state index in [0.29, 0.717) is 14.5 Å². The van der Waals surface area contributed by atoms with Crippen LogP contribution in [0.3, 0.4) is 0 Å². The number of hydrogen-bond donors (Lipinski definition) is 1. The van der Waals surface area contributed by atoms with Crippen LogP contribution in [0.25, 0.3) is 10.0 Å². The molecular formula is C4H3N3Se. The van der Waals surface area contributed by atoms with Crippen molar-refractivity contribution in [3.63, 3.8) is 0 Å². The molecule has 0 aliphatic heterocycles. The number of aromatic amines is 1. The second kappa shape index (κ2) is 1.44. The molecule has 2 heterocycles. The van der Waals surface area contributed by atoms with Crippen LogP contribution in [0.4, 0.5) is 0 Å². The first-order chi connectivity index (χ1) is 3.97. The fraction of sp³-hybridized carbons (Fsp3) is 0. The first-order valence-electron chi connectivity index (χ1n) is 2.19. The van der Waals surface area contributed by atoms with Gasteiger partial charge in [-0.2, -0.15) is 0 Å². The summed E-state index contributed by atoms with van der Waals surface area (Å²) in [5.41, 5.74) is 0.949. The summed E-state index contributed by atoms with van der Waals surface area (Å²) in [4.78, 5) is 11.0. The first kappa shape index (κ1) is 4.30. The Morgan fingerprint density at radius 2 is 2.50 bits per heavy atom. The fourth-order valence-corrected chi connectivity index (χ4v) is 1.83. The summed E-state index contributed by atoms with van der Waals surface area (Å²) in [7, 11) is 0. The van der Waals surface area contributed by atoms with E-state index >= 15 is 0 Å². The van der Waals surface area contributed by atoms with Crippen molar-refractivity contribution in [2.75, 3.05) is 0 Å². The van der Waals surface area contributed by atoms with Crippen LogP contribution in [0.2, 0.25) is 0 Å². The molecule has 2 aromatic rings. The summed E-state index contributed by atoms with van der Waals surface area (Å²) in [6.07, 6.45) is 1.68. The Labute approximate surface area is 51.5 Å². The molecule has 0 radical (unpaired) electrons. The summed E-state index contributed by atoms with van der Waals surface area (Å²) >= 11 is 0.398. The molecule has 2 aromatic heterocycles. The Morgan fingerprint density at radius 1 is 1.50 bits per heavy atom. The number of imidazole rings is 1. The van der Waals surface area contributed by atoms with Gasteiger partial charge in [0.1, 0.15) is 0 Å². The third-order valence-electron chi connectivity index (χ3n) is 0.932. The van der Waals surface area contributed by atoms with Crippen molar-refractivity contribution < 1.29 is 0 Å².